The number of benzene rings is 2. The molecule has 17 heavy (non-hydrogen) atoms. The maximum Gasteiger partial charge on any atom is 0.0946 e. The molecule has 0 amide bonds. The van der Waals surface area contributed by atoms with E-state index in [9.17, 15) is 13.0 Å². The van der Waals surface area contributed by atoms with Crippen LogP contribution in [0.2, 0.25) is 0 Å². The molecule has 0 N–H and O–H groups in total. The van der Waals surface area contributed by atoms with Crippen molar-refractivity contribution in [3.8, 4) is 0 Å². The standard InChI is InChI=1S/C13H14O3S/c14-17(15,16)10-4-8-12-7-3-6-11-5-1-2-9-13(11)12/h1-3,5-7,9H,4,8,10H2,(H,14,15,16)/p-1. The molecule has 2 aromatic rings. The highest BCUT2D eigenvalue weighted by atomic mass is 32.2. The normalized spacial score (nSPS) is 11.8. The summed E-state index contributed by atoms with van der Waals surface area (Å²) in [5, 5.41) is 2.26. The van der Waals surface area contributed by atoms with Gasteiger partial charge in [0.2, 0.25) is 0 Å². The number of rotatable bonds is 4. The molecule has 0 aromatic heterocycles. The van der Waals surface area contributed by atoms with Crippen molar-refractivity contribution in [2.45, 2.75) is 12.8 Å². The molecule has 0 radical (unpaired) electrons. The zero-order valence-electron chi connectivity index (χ0n) is 9.30. The van der Waals surface area contributed by atoms with Crippen LogP contribution in [-0.4, -0.2) is 18.7 Å². The van der Waals surface area contributed by atoms with E-state index in [4.69, 9.17) is 0 Å². The average Bonchev–Trinajstić information content (AvgIpc) is 2.28. The number of hydrogen-bond donors (Lipinski definition) is 0. The summed E-state index contributed by atoms with van der Waals surface area (Å²) in [7, 11) is -4.10. The molecule has 0 aliphatic rings. The van der Waals surface area contributed by atoms with Crippen LogP contribution in [0.4, 0.5) is 0 Å². The fraction of sp³-hybridized carbons (Fsp3) is 0.231. The van der Waals surface area contributed by atoms with Crippen LogP contribution in [0.5, 0.6) is 0 Å². The van der Waals surface area contributed by atoms with E-state index in [1.54, 1.807) is 0 Å². The van der Waals surface area contributed by atoms with Gasteiger partial charge in [0, 0.05) is 5.75 Å². The van der Waals surface area contributed by atoms with Crippen LogP contribution in [0.15, 0.2) is 42.5 Å². The summed E-state index contributed by atoms with van der Waals surface area (Å²) < 4.78 is 31.6. The lowest BCUT2D eigenvalue weighted by molar-refractivity contribution is 0.461. The van der Waals surface area contributed by atoms with E-state index < -0.39 is 10.1 Å². The van der Waals surface area contributed by atoms with E-state index in [1.807, 2.05) is 42.5 Å². The van der Waals surface area contributed by atoms with E-state index in [-0.39, 0.29) is 5.75 Å². The van der Waals surface area contributed by atoms with Crippen molar-refractivity contribution in [1.82, 2.24) is 0 Å². The van der Waals surface area contributed by atoms with Crippen LogP contribution in [-0.2, 0) is 16.5 Å². The van der Waals surface area contributed by atoms with E-state index in [1.165, 1.54) is 0 Å². The largest absolute Gasteiger partial charge is 0.748 e. The first-order chi connectivity index (χ1) is 8.06. The molecule has 0 saturated carbocycles. The second kappa shape index (κ2) is 4.85. The Hall–Kier alpha value is -1.39. The molecular weight excluding hydrogens is 236 g/mol. The molecule has 0 atom stereocenters. The summed E-state index contributed by atoms with van der Waals surface area (Å²) in [6.45, 7) is 0. The predicted molar refractivity (Wildman–Crippen MR) is 66.8 cm³/mol. The van der Waals surface area contributed by atoms with Gasteiger partial charge in [-0.05, 0) is 29.2 Å². The third kappa shape index (κ3) is 3.28. The van der Waals surface area contributed by atoms with Crippen LogP contribution >= 0.6 is 0 Å². The summed E-state index contributed by atoms with van der Waals surface area (Å²) in [4.78, 5) is 0. The van der Waals surface area contributed by atoms with Crippen LogP contribution in [0, 0.1) is 0 Å². The summed E-state index contributed by atoms with van der Waals surface area (Å²) in [6.07, 6.45) is 0.989. The average molecular weight is 249 g/mol. The maximum atomic E-state index is 10.5. The van der Waals surface area contributed by atoms with E-state index in [0.717, 1.165) is 16.3 Å². The van der Waals surface area contributed by atoms with Gasteiger partial charge in [-0.1, -0.05) is 42.5 Å². The molecule has 90 valence electrons. The molecule has 3 nitrogen and oxygen atoms in total. The number of aryl methyl sites for hydroxylation is 1. The summed E-state index contributed by atoms with van der Waals surface area (Å²) in [5.41, 5.74) is 1.09. The molecule has 2 aromatic carbocycles. The highest BCUT2D eigenvalue weighted by Gasteiger charge is 2.01. The van der Waals surface area contributed by atoms with Crippen molar-refractivity contribution in [3.05, 3.63) is 48.0 Å². The molecule has 0 heterocycles. The Kier molecular flexibility index (Phi) is 3.45. The molecule has 2 rings (SSSR count). The minimum absolute atomic E-state index is 0.295. The molecule has 4 heteroatoms. The van der Waals surface area contributed by atoms with Gasteiger partial charge in [-0.2, -0.15) is 0 Å². The highest BCUT2D eigenvalue weighted by molar-refractivity contribution is 7.85. The maximum absolute atomic E-state index is 10.5. The lowest BCUT2D eigenvalue weighted by Crippen LogP contribution is -2.05. The minimum atomic E-state index is -4.10. The van der Waals surface area contributed by atoms with Gasteiger partial charge in [0.05, 0.1) is 10.1 Å². The first-order valence-electron chi connectivity index (χ1n) is 5.46. The lowest BCUT2D eigenvalue weighted by atomic mass is 10.0. The molecule has 0 unspecified atom stereocenters. The quantitative estimate of drug-likeness (QED) is 0.781. The van der Waals surface area contributed by atoms with E-state index in [0.29, 0.717) is 12.8 Å². The van der Waals surface area contributed by atoms with Crippen LogP contribution in [0.25, 0.3) is 10.8 Å². The zero-order valence-corrected chi connectivity index (χ0v) is 10.1. The van der Waals surface area contributed by atoms with Gasteiger partial charge in [-0.3, -0.25) is 0 Å². The fourth-order valence-corrected chi connectivity index (χ4v) is 2.45. The highest BCUT2D eigenvalue weighted by Crippen LogP contribution is 2.19. The molecule has 0 aliphatic heterocycles. The molecular formula is C13H13O3S-. The Bertz CT molecular complexity index is 612. The van der Waals surface area contributed by atoms with Gasteiger partial charge < -0.3 is 4.55 Å². The van der Waals surface area contributed by atoms with Crippen LogP contribution < -0.4 is 0 Å². The zero-order chi connectivity index (χ0) is 12.3. The topological polar surface area (TPSA) is 57.2 Å². The van der Waals surface area contributed by atoms with Gasteiger partial charge >= 0.3 is 0 Å². The summed E-state index contributed by atoms with van der Waals surface area (Å²) in [5.74, 6) is -0.295. The van der Waals surface area contributed by atoms with Crippen molar-refractivity contribution in [3.63, 3.8) is 0 Å². The van der Waals surface area contributed by atoms with Gasteiger partial charge in [-0.25, -0.2) is 8.42 Å². The summed E-state index contributed by atoms with van der Waals surface area (Å²) in [6, 6.07) is 13.9. The Morgan fingerprint density at radius 1 is 1.00 bits per heavy atom. The number of hydrogen-bond acceptors (Lipinski definition) is 3. The molecule has 0 fully saturated rings. The molecule has 0 aliphatic carbocycles. The van der Waals surface area contributed by atoms with E-state index >= 15 is 0 Å². The molecule has 0 spiro atoms. The van der Waals surface area contributed by atoms with Crippen molar-refractivity contribution in [1.29, 1.82) is 0 Å². The SMILES string of the molecule is O=S(=O)([O-])CCCc1cccc2ccccc12. The van der Waals surface area contributed by atoms with Crippen LogP contribution in [0.1, 0.15) is 12.0 Å². The van der Waals surface area contributed by atoms with Gasteiger partial charge in [0.25, 0.3) is 0 Å². The van der Waals surface area contributed by atoms with Gasteiger partial charge in [0.1, 0.15) is 0 Å². The van der Waals surface area contributed by atoms with Gasteiger partial charge in [-0.15, -0.1) is 0 Å². The van der Waals surface area contributed by atoms with Gasteiger partial charge in [0.15, 0.2) is 0 Å². The third-order valence-electron chi connectivity index (χ3n) is 2.72. The first-order valence-corrected chi connectivity index (χ1v) is 7.04. The minimum Gasteiger partial charge on any atom is -0.748 e. The van der Waals surface area contributed by atoms with Crippen molar-refractivity contribution >= 4 is 20.9 Å². The van der Waals surface area contributed by atoms with E-state index in [2.05, 4.69) is 0 Å². The predicted octanol–water partition coefficient (Wildman–Crippen LogP) is 2.32. The number of fused-ring (bicyclic) bond motifs is 1. The Morgan fingerprint density at radius 3 is 2.47 bits per heavy atom. The fourth-order valence-electron chi connectivity index (χ4n) is 1.95. The monoisotopic (exact) mass is 249 g/mol. The van der Waals surface area contributed by atoms with Crippen molar-refractivity contribution in [2.24, 2.45) is 0 Å². The van der Waals surface area contributed by atoms with Crippen molar-refractivity contribution < 1.29 is 13.0 Å². The Labute approximate surface area is 101 Å². The molecule has 0 saturated heterocycles. The second-order valence-electron chi connectivity index (χ2n) is 4.00. The summed E-state index contributed by atoms with van der Waals surface area (Å²) >= 11 is 0. The molecule has 0 bridgehead atoms. The lowest BCUT2D eigenvalue weighted by Gasteiger charge is -2.08. The van der Waals surface area contributed by atoms with Crippen LogP contribution in [0.3, 0.4) is 0 Å². The Morgan fingerprint density at radius 2 is 1.71 bits per heavy atom. The van der Waals surface area contributed by atoms with Crippen molar-refractivity contribution in [2.75, 3.05) is 5.75 Å². The first kappa shape index (κ1) is 12.1. The Balaban J connectivity index is 2.19. The third-order valence-corrected chi connectivity index (χ3v) is 3.51. The second-order valence-corrected chi connectivity index (χ2v) is 5.53. The smallest absolute Gasteiger partial charge is 0.0946 e.